The van der Waals surface area contributed by atoms with E-state index in [-0.39, 0.29) is 0 Å². The zero-order chi connectivity index (χ0) is 14.7. The van der Waals surface area contributed by atoms with Crippen LogP contribution in [0.15, 0.2) is 40.9 Å². The minimum Gasteiger partial charge on any atom is -0.389 e. The number of aryl methyl sites for hydroxylation is 1. The van der Waals surface area contributed by atoms with Gasteiger partial charge < -0.3 is 10.0 Å². The van der Waals surface area contributed by atoms with Gasteiger partial charge in [-0.1, -0.05) is 28.1 Å². The monoisotopic (exact) mass is 334 g/mol. The second-order valence-electron chi connectivity index (χ2n) is 5.01. The number of halogens is 1. The third-order valence-corrected chi connectivity index (χ3v) is 3.69. The van der Waals surface area contributed by atoms with Crippen LogP contribution >= 0.6 is 15.9 Å². The largest absolute Gasteiger partial charge is 0.389 e. The number of anilines is 1. The van der Waals surface area contributed by atoms with Crippen LogP contribution in [0.25, 0.3) is 0 Å². The van der Waals surface area contributed by atoms with Crippen molar-refractivity contribution in [3.63, 3.8) is 0 Å². The number of aromatic nitrogens is 1. The van der Waals surface area contributed by atoms with Gasteiger partial charge in [0.05, 0.1) is 18.3 Å². The highest BCUT2D eigenvalue weighted by Gasteiger charge is 2.13. The van der Waals surface area contributed by atoms with Crippen molar-refractivity contribution in [2.75, 3.05) is 11.9 Å². The van der Waals surface area contributed by atoms with Gasteiger partial charge in [-0.3, -0.25) is 4.98 Å². The molecule has 20 heavy (non-hydrogen) atoms. The number of aliphatic hydroxyl groups excluding tert-OH is 1. The SMILES string of the molecule is Cc1cccc(CN(C)c2cc(Br)ccc2C(C)O)n1. The molecule has 1 N–H and O–H groups in total. The van der Waals surface area contributed by atoms with E-state index in [1.54, 1.807) is 6.92 Å². The molecule has 0 aliphatic heterocycles. The lowest BCUT2D eigenvalue weighted by molar-refractivity contribution is 0.199. The Bertz CT molecular complexity index is 599. The molecule has 2 rings (SSSR count). The second kappa shape index (κ2) is 6.37. The van der Waals surface area contributed by atoms with Crippen molar-refractivity contribution in [2.24, 2.45) is 0 Å². The average Bonchev–Trinajstić information content (AvgIpc) is 2.38. The molecular formula is C16H19BrN2O. The van der Waals surface area contributed by atoms with Crippen LogP contribution in [0.5, 0.6) is 0 Å². The van der Waals surface area contributed by atoms with E-state index < -0.39 is 6.10 Å². The van der Waals surface area contributed by atoms with Crippen LogP contribution in [0.3, 0.4) is 0 Å². The van der Waals surface area contributed by atoms with Gasteiger partial charge in [-0.2, -0.15) is 0 Å². The van der Waals surface area contributed by atoms with E-state index in [4.69, 9.17) is 0 Å². The fourth-order valence-corrected chi connectivity index (χ4v) is 2.57. The Kier molecular flexibility index (Phi) is 4.78. The van der Waals surface area contributed by atoms with E-state index in [1.165, 1.54) is 0 Å². The topological polar surface area (TPSA) is 36.4 Å². The fraction of sp³-hybridized carbons (Fsp3) is 0.312. The van der Waals surface area contributed by atoms with Gasteiger partial charge >= 0.3 is 0 Å². The summed E-state index contributed by atoms with van der Waals surface area (Å²) in [4.78, 5) is 6.63. The van der Waals surface area contributed by atoms with Crippen molar-refractivity contribution in [3.05, 3.63) is 57.8 Å². The standard InChI is InChI=1S/C16H19BrN2O/c1-11-5-4-6-14(18-11)10-19(3)16-9-13(17)7-8-15(16)12(2)20/h4-9,12,20H,10H2,1-3H3. The molecule has 0 spiro atoms. The van der Waals surface area contributed by atoms with Gasteiger partial charge in [-0.25, -0.2) is 0 Å². The minimum absolute atomic E-state index is 0.494. The van der Waals surface area contributed by atoms with E-state index >= 15 is 0 Å². The molecule has 1 heterocycles. The maximum Gasteiger partial charge on any atom is 0.0782 e. The molecule has 0 aliphatic rings. The summed E-state index contributed by atoms with van der Waals surface area (Å²) in [5.74, 6) is 0. The number of rotatable bonds is 4. The molecule has 0 aliphatic carbocycles. The summed E-state index contributed by atoms with van der Waals surface area (Å²) >= 11 is 3.49. The Balaban J connectivity index is 2.28. The van der Waals surface area contributed by atoms with E-state index in [2.05, 4.69) is 25.8 Å². The smallest absolute Gasteiger partial charge is 0.0782 e. The summed E-state index contributed by atoms with van der Waals surface area (Å²) in [6.07, 6.45) is -0.494. The summed E-state index contributed by atoms with van der Waals surface area (Å²) < 4.78 is 1.00. The van der Waals surface area contributed by atoms with Crippen molar-refractivity contribution in [2.45, 2.75) is 26.5 Å². The van der Waals surface area contributed by atoms with Gasteiger partial charge in [0.1, 0.15) is 0 Å². The minimum atomic E-state index is -0.494. The molecule has 0 bridgehead atoms. The van der Waals surface area contributed by atoms with Crippen molar-refractivity contribution in [1.29, 1.82) is 0 Å². The van der Waals surface area contributed by atoms with Crippen LogP contribution in [-0.2, 0) is 6.54 Å². The normalized spacial score (nSPS) is 12.2. The van der Waals surface area contributed by atoms with Gasteiger partial charge in [0, 0.05) is 28.5 Å². The van der Waals surface area contributed by atoms with E-state index in [0.29, 0.717) is 6.54 Å². The zero-order valence-electron chi connectivity index (χ0n) is 12.0. The first kappa shape index (κ1) is 15.0. The number of aliphatic hydroxyl groups is 1. The first-order valence-electron chi connectivity index (χ1n) is 6.58. The van der Waals surface area contributed by atoms with Gasteiger partial charge in [0.25, 0.3) is 0 Å². The summed E-state index contributed by atoms with van der Waals surface area (Å²) in [6, 6.07) is 11.9. The van der Waals surface area contributed by atoms with Crippen molar-refractivity contribution in [1.82, 2.24) is 4.98 Å². The Morgan fingerprint density at radius 1 is 1.30 bits per heavy atom. The molecule has 2 aromatic rings. The van der Waals surface area contributed by atoms with Crippen LogP contribution in [0, 0.1) is 6.92 Å². The second-order valence-corrected chi connectivity index (χ2v) is 5.92. The van der Waals surface area contributed by atoms with Gasteiger partial charge in [0.15, 0.2) is 0 Å². The Morgan fingerprint density at radius 2 is 2.05 bits per heavy atom. The number of hydrogen-bond acceptors (Lipinski definition) is 3. The number of benzene rings is 1. The molecular weight excluding hydrogens is 316 g/mol. The van der Waals surface area contributed by atoms with Crippen molar-refractivity contribution < 1.29 is 5.11 Å². The predicted octanol–water partition coefficient (Wildman–Crippen LogP) is 3.84. The molecule has 1 aromatic carbocycles. The maximum atomic E-state index is 9.90. The Hall–Kier alpha value is -1.39. The summed E-state index contributed by atoms with van der Waals surface area (Å²) in [5, 5.41) is 9.90. The first-order chi connectivity index (χ1) is 9.47. The molecule has 1 unspecified atom stereocenters. The predicted molar refractivity (Wildman–Crippen MR) is 85.9 cm³/mol. The van der Waals surface area contributed by atoms with Gasteiger partial charge in [-0.05, 0) is 38.1 Å². The zero-order valence-corrected chi connectivity index (χ0v) is 13.6. The molecule has 1 atom stereocenters. The Morgan fingerprint density at radius 3 is 2.70 bits per heavy atom. The van der Waals surface area contributed by atoms with Crippen LogP contribution in [-0.4, -0.2) is 17.1 Å². The summed E-state index contributed by atoms with van der Waals surface area (Å²) in [5.41, 5.74) is 3.96. The summed E-state index contributed by atoms with van der Waals surface area (Å²) in [6.45, 7) is 4.48. The quantitative estimate of drug-likeness (QED) is 0.922. The average molecular weight is 335 g/mol. The highest BCUT2D eigenvalue weighted by atomic mass is 79.9. The number of pyridine rings is 1. The molecule has 0 saturated heterocycles. The molecule has 4 heteroatoms. The van der Waals surface area contributed by atoms with Crippen LogP contribution in [0.1, 0.15) is 30.0 Å². The summed E-state index contributed by atoms with van der Waals surface area (Å²) in [7, 11) is 2.01. The van der Waals surface area contributed by atoms with E-state index in [1.807, 2.05) is 50.4 Å². The molecule has 0 amide bonds. The van der Waals surface area contributed by atoms with Crippen molar-refractivity contribution >= 4 is 21.6 Å². The molecule has 0 saturated carbocycles. The fourth-order valence-electron chi connectivity index (χ4n) is 2.22. The van der Waals surface area contributed by atoms with Gasteiger partial charge in [0.2, 0.25) is 0 Å². The molecule has 106 valence electrons. The third kappa shape index (κ3) is 3.58. The highest BCUT2D eigenvalue weighted by Crippen LogP contribution is 2.29. The number of hydrogen-bond donors (Lipinski definition) is 1. The molecule has 1 aromatic heterocycles. The van der Waals surface area contributed by atoms with Gasteiger partial charge in [-0.15, -0.1) is 0 Å². The Labute approximate surface area is 128 Å². The number of nitrogens with zero attached hydrogens (tertiary/aromatic N) is 2. The first-order valence-corrected chi connectivity index (χ1v) is 7.38. The lowest BCUT2D eigenvalue weighted by Crippen LogP contribution is -2.19. The molecule has 0 radical (unpaired) electrons. The lowest BCUT2D eigenvalue weighted by Gasteiger charge is -2.24. The highest BCUT2D eigenvalue weighted by molar-refractivity contribution is 9.10. The van der Waals surface area contributed by atoms with Crippen LogP contribution in [0.4, 0.5) is 5.69 Å². The van der Waals surface area contributed by atoms with Crippen molar-refractivity contribution in [3.8, 4) is 0 Å². The maximum absolute atomic E-state index is 9.90. The van der Waals surface area contributed by atoms with E-state index in [0.717, 1.165) is 27.1 Å². The lowest BCUT2D eigenvalue weighted by atomic mass is 10.1. The third-order valence-electron chi connectivity index (χ3n) is 3.20. The van der Waals surface area contributed by atoms with Crippen LogP contribution in [0.2, 0.25) is 0 Å². The van der Waals surface area contributed by atoms with E-state index in [9.17, 15) is 5.11 Å². The van der Waals surface area contributed by atoms with Crippen LogP contribution < -0.4 is 4.90 Å². The molecule has 3 nitrogen and oxygen atoms in total. The molecule has 0 fully saturated rings.